The quantitative estimate of drug-likeness (QED) is 0.656. The van der Waals surface area contributed by atoms with E-state index in [4.69, 9.17) is 24.2 Å². The normalized spacial score (nSPS) is 11.7. The molecule has 0 amide bonds. The summed E-state index contributed by atoms with van der Waals surface area (Å²) in [7, 11) is 1.59. The van der Waals surface area contributed by atoms with Gasteiger partial charge in [0.05, 0.1) is 38.1 Å². The maximum absolute atomic E-state index is 9.75. The second kappa shape index (κ2) is 10.00. The fraction of sp³-hybridized carbons (Fsp3) is 0.533. The number of methoxy groups -OCH3 is 1. The molecule has 1 rings (SSSR count). The maximum atomic E-state index is 9.75. The number of hydrogen-bond donors (Lipinski definition) is 1. The van der Waals surface area contributed by atoms with Gasteiger partial charge in [-0.2, -0.15) is 5.26 Å². The predicted octanol–water partition coefficient (Wildman–Crippen LogP) is 1.36. The predicted molar refractivity (Wildman–Crippen MR) is 76.5 cm³/mol. The topological polar surface area (TPSA) is 80.9 Å². The second-order valence-corrected chi connectivity index (χ2v) is 4.24. The lowest BCUT2D eigenvalue weighted by Crippen LogP contribution is -2.24. The summed E-state index contributed by atoms with van der Waals surface area (Å²) in [6.07, 6.45) is -0.744. The molecule has 0 bridgehead atoms. The van der Waals surface area contributed by atoms with Gasteiger partial charge < -0.3 is 24.1 Å². The summed E-state index contributed by atoms with van der Waals surface area (Å²) in [5, 5.41) is 18.6. The molecule has 1 aromatic rings. The molecule has 116 valence electrons. The number of nitrogens with zero attached hydrogens (tertiary/aromatic N) is 1. The number of hydrogen-bond acceptors (Lipinski definition) is 6. The van der Waals surface area contributed by atoms with Gasteiger partial charge in [0.1, 0.15) is 12.7 Å². The van der Waals surface area contributed by atoms with Gasteiger partial charge >= 0.3 is 0 Å². The molecule has 0 saturated heterocycles. The van der Waals surface area contributed by atoms with Gasteiger partial charge in [0, 0.05) is 13.2 Å². The minimum Gasteiger partial charge on any atom is -0.490 e. The van der Waals surface area contributed by atoms with Crippen LogP contribution in [0.4, 0.5) is 0 Å². The molecular formula is C15H21NO5. The van der Waals surface area contributed by atoms with Gasteiger partial charge in [-0.05, 0) is 19.1 Å². The monoisotopic (exact) mass is 295 g/mol. The van der Waals surface area contributed by atoms with Crippen molar-refractivity contribution in [1.82, 2.24) is 0 Å². The molecule has 21 heavy (non-hydrogen) atoms. The van der Waals surface area contributed by atoms with Crippen molar-refractivity contribution in [1.29, 1.82) is 5.26 Å². The molecule has 0 spiro atoms. The van der Waals surface area contributed by atoms with Gasteiger partial charge in [0.2, 0.25) is 0 Å². The lowest BCUT2D eigenvalue weighted by Gasteiger charge is -2.15. The zero-order valence-corrected chi connectivity index (χ0v) is 12.4. The number of benzene rings is 1. The first-order valence-electron chi connectivity index (χ1n) is 6.75. The van der Waals surface area contributed by atoms with Crippen LogP contribution in [0.15, 0.2) is 18.2 Å². The van der Waals surface area contributed by atoms with Crippen molar-refractivity contribution in [3.8, 4) is 17.6 Å². The Kier molecular flexibility index (Phi) is 8.21. The van der Waals surface area contributed by atoms with Crippen molar-refractivity contribution in [3.05, 3.63) is 23.8 Å². The van der Waals surface area contributed by atoms with Gasteiger partial charge in [0.15, 0.2) is 11.5 Å². The fourth-order valence-electron chi connectivity index (χ4n) is 1.56. The van der Waals surface area contributed by atoms with Crippen LogP contribution in [0.25, 0.3) is 0 Å². The summed E-state index contributed by atoms with van der Waals surface area (Å²) in [4.78, 5) is 0. The van der Waals surface area contributed by atoms with Gasteiger partial charge in [-0.1, -0.05) is 0 Å². The molecule has 6 nitrogen and oxygen atoms in total. The van der Waals surface area contributed by atoms with E-state index in [-0.39, 0.29) is 13.2 Å². The van der Waals surface area contributed by atoms with E-state index in [1.807, 2.05) is 13.0 Å². The summed E-state index contributed by atoms with van der Waals surface area (Å²) in [6, 6.07) is 6.95. The fourth-order valence-corrected chi connectivity index (χ4v) is 1.56. The average Bonchev–Trinajstić information content (AvgIpc) is 2.50. The van der Waals surface area contributed by atoms with Crippen molar-refractivity contribution in [3.63, 3.8) is 0 Å². The van der Waals surface area contributed by atoms with Crippen LogP contribution in [-0.4, -0.2) is 51.4 Å². The van der Waals surface area contributed by atoms with E-state index in [0.29, 0.717) is 36.9 Å². The van der Waals surface area contributed by atoms with Crippen LogP contribution >= 0.6 is 0 Å². The van der Waals surface area contributed by atoms with Gasteiger partial charge in [-0.25, -0.2) is 0 Å². The summed E-state index contributed by atoms with van der Waals surface area (Å²) in [5.41, 5.74) is 0.495. The molecule has 1 aromatic carbocycles. The molecular weight excluding hydrogens is 274 g/mol. The van der Waals surface area contributed by atoms with Crippen LogP contribution in [0.2, 0.25) is 0 Å². The number of nitriles is 1. The van der Waals surface area contributed by atoms with Crippen molar-refractivity contribution in [2.45, 2.75) is 13.0 Å². The molecule has 0 aliphatic carbocycles. The smallest absolute Gasteiger partial charge is 0.162 e. The lowest BCUT2D eigenvalue weighted by molar-refractivity contribution is -0.00455. The van der Waals surface area contributed by atoms with E-state index >= 15 is 0 Å². The molecule has 0 saturated carbocycles. The van der Waals surface area contributed by atoms with Gasteiger partial charge in [-0.3, -0.25) is 0 Å². The number of rotatable bonds is 10. The van der Waals surface area contributed by atoms with Crippen LogP contribution in [0.3, 0.4) is 0 Å². The summed E-state index contributed by atoms with van der Waals surface area (Å²) in [5.74, 6) is 0.982. The molecule has 1 N–H and O–H groups in total. The third-order valence-electron chi connectivity index (χ3n) is 2.55. The van der Waals surface area contributed by atoms with E-state index in [9.17, 15) is 5.11 Å². The Morgan fingerprint density at radius 1 is 1.19 bits per heavy atom. The second-order valence-electron chi connectivity index (χ2n) is 4.24. The minimum atomic E-state index is -0.744. The molecule has 1 atom stereocenters. The van der Waals surface area contributed by atoms with Crippen molar-refractivity contribution < 1.29 is 24.1 Å². The summed E-state index contributed by atoms with van der Waals surface area (Å²) in [6.45, 7) is 3.48. The van der Waals surface area contributed by atoms with Crippen molar-refractivity contribution >= 4 is 0 Å². The Morgan fingerprint density at radius 3 is 2.67 bits per heavy atom. The molecule has 0 aliphatic heterocycles. The highest BCUT2D eigenvalue weighted by Gasteiger charge is 2.10. The standard InChI is InChI=1S/C15H21NO5/c1-3-20-15-8-12(9-16)4-5-14(15)21-11-13(17)10-19-7-6-18-2/h4-5,8,13,17H,3,6-7,10-11H2,1-2H3. The van der Waals surface area contributed by atoms with Gasteiger partial charge in [0.25, 0.3) is 0 Å². The number of aliphatic hydroxyl groups is 1. The summed E-state index contributed by atoms with van der Waals surface area (Å²) >= 11 is 0. The van der Waals surface area contributed by atoms with Gasteiger partial charge in [-0.15, -0.1) is 0 Å². The van der Waals surface area contributed by atoms with Crippen LogP contribution in [0.1, 0.15) is 12.5 Å². The highest BCUT2D eigenvalue weighted by atomic mass is 16.5. The van der Waals surface area contributed by atoms with E-state index in [2.05, 4.69) is 0 Å². The van der Waals surface area contributed by atoms with E-state index < -0.39 is 6.10 Å². The Balaban J connectivity index is 2.48. The molecule has 0 radical (unpaired) electrons. The molecule has 1 unspecified atom stereocenters. The first-order chi connectivity index (χ1) is 10.2. The average molecular weight is 295 g/mol. The SMILES string of the molecule is CCOc1cc(C#N)ccc1OCC(O)COCCOC. The number of aliphatic hydroxyl groups excluding tert-OH is 1. The molecule has 6 heteroatoms. The van der Waals surface area contributed by atoms with E-state index in [1.54, 1.807) is 25.3 Å². The van der Waals surface area contributed by atoms with E-state index in [1.165, 1.54) is 0 Å². The van der Waals surface area contributed by atoms with Crippen LogP contribution in [0, 0.1) is 11.3 Å². The van der Waals surface area contributed by atoms with Crippen LogP contribution in [-0.2, 0) is 9.47 Å². The molecule has 0 fully saturated rings. The first kappa shape index (κ1) is 17.2. The van der Waals surface area contributed by atoms with E-state index in [0.717, 1.165) is 0 Å². The van der Waals surface area contributed by atoms with Crippen molar-refractivity contribution in [2.75, 3.05) is 40.1 Å². The zero-order valence-electron chi connectivity index (χ0n) is 12.4. The minimum absolute atomic E-state index is 0.0823. The summed E-state index contributed by atoms with van der Waals surface area (Å²) < 4.78 is 21.0. The third-order valence-corrected chi connectivity index (χ3v) is 2.55. The Bertz CT molecular complexity index is 458. The molecule has 0 aromatic heterocycles. The zero-order chi connectivity index (χ0) is 15.5. The lowest BCUT2D eigenvalue weighted by atomic mass is 10.2. The van der Waals surface area contributed by atoms with Crippen LogP contribution in [0.5, 0.6) is 11.5 Å². The highest BCUT2D eigenvalue weighted by Crippen LogP contribution is 2.28. The molecule has 0 heterocycles. The number of ether oxygens (including phenoxy) is 4. The Morgan fingerprint density at radius 2 is 2.00 bits per heavy atom. The Labute approximate surface area is 124 Å². The third kappa shape index (κ3) is 6.45. The first-order valence-corrected chi connectivity index (χ1v) is 6.75. The largest absolute Gasteiger partial charge is 0.490 e. The maximum Gasteiger partial charge on any atom is 0.162 e. The van der Waals surface area contributed by atoms with Crippen LogP contribution < -0.4 is 9.47 Å². The molecule has 0 aliphatic rings. The van der Waals surface area contributed by atoms with Crippen molar-refractivity contribution in [2.24, 2.45) is 0 Å². The highest BCUT2D eigenvalue weighted by molar-refractivity contribution is 5.46. The Hall–Kier alpha value is -1.81.